The van der Waals surface area contributed by atoms with Crippen molar-refractivity contribution in [2.75, 3.05) is 6.54 Å². The van der Waals surface area contributed by atoms with Crippen LogP contribution in [0.25, 0.3) is 0 Å². The number of nitrogens with one attached hydrogen (secondary N) is 1. The summed E-state index contributed by atoms with van der Waals surface area (Å²) in [5.41, 5.74) is 1.35. The molecule has 2 rings (SSSR count). The van der Waals surface area contributed by atoms with Crippen LogP contribution >= 0.6 is 0 Å². The van der Waals surface area contributed by atoms with E-state index >= 15 is 0 Å². The van der Waals surface area contributed by atoms with Gasteiger partial charge in [0.25, 0.3) is 0 Å². The minimum Gasteiger partial charge on any atom is -0.356 e. The molecule has 0 aromatic heterocycles. The van der Waals surface area contributed by atoms with Crippen LogP contribution in [0.4, 0.5) is 0 Å². The summed E-state index contributed by atoms with van der Waals surface area (Å²) in [4.78, 5) is 11.5. The minimum absolute atomic E-state index is 0.229. The highest BCUT2D eigenvalue weighted by Crippen LogP contribution is 2.32. The maximum absolute atomic E-state index is 11.5. The molecule has 1 aliphatic carbocycles. The number of hydrogen-bond acceptors (Lipinski definition) is 1. The highest BCUT2D eigenvalue weighted by Gasteiger charge is 2.24. The number of rotatable bonds is 6. The van der Waals surface area contributed by atoms with E-state index in [9.17, 15) is 4.79 Å². The van der Waals surface area contributed by atoms with Crippen molar-refractivity contribution in [2.45, 2.75) is 38.5 Å². The van der Waals surface area contributed by atoms with Crippen LogP contribution in [0.1, 0.15) is 44.1 Å². The fourth-order valence-electron chi connectivity index (χ4n) is 2.03. The van der Waals surface area contributed by atoms with E-state index in [-0.39, 0.29) is 5.91 Å². The fourth-order valence-corrected chi connectivity index (χ4v) is 2.03. The SMILES string of the molecule is CC(CCNC(=O)CC1CC1)c1ccccc1. The lowest BCUT2D eigenvalue weighted by atomic mass is 9.98. The van der Waals surface area contributed by atoms with Crippen molar-refractivity contribution in [3.63, 3.8) is 0 Å². The molecule has 1 atom stereocenters. The quantitative estimate of drug-likeness (QED) is 0.801. The third-order valence-corrected chi connectivity index (χ3v) is 3.44. The number of carbonyl (C=O) groups excluding carboxylic acids is 1. The molecule has 2 nitrogen and oxygen atoms in total. The van der Waals surface area contributed by atoms with E-state index in [1.54, 1.807) is 0 Å². The first-order chi connectivity index (χ1) is 8.25. The lowest BCUT2D eigenvalue weighted by Crippen LogP contribution is -2.25. The average Bonchev–Trinajstić information content (AvgIpc) is 3.14. The Bertz CT molecular complexity index is 356. The third kappa shape index (κ3) is 4.22. The van der Waals surface area contributed by atoms with Gasteiger partial charge in [0.15, 0.2) is 0 Å². The van der Waals surface area contributed by atoms with Gasteiger partial charge in [-0.05, 0) is 36.7 Å². The molecule has 92 valence electrons. The molecule has 1 aromatic carbocycles. The lowest BCUT2D eigenvalue weighted by molar-refractivity contribution is -0.121. The predicted molar refractivity (Wildman–Crippen MR) is 69.8 cm³/mol. The first kappa shape index (κ1) is 12.2. The van der Waals surface area contributed by atoms with E-state index in [0.29, 0.717) is 11.8 Å². The summed E-state index contributed by atoms with van der Waals surface area (Å²) < 4.78 is 0. The molecule has 1 saturated carbocycles. The van der Waals surface area contributed by atoms with Gasteiger partial charge in [0.1, 0.15) is 0 Å². The summed E-state index contributed by atoms with van der Waals surface area (Å²) in [7, 11) is 0. The zero-order valence-corrected chi connectivity index (χ0v) is 10.5. The first-order valence-corrected chi connectivity index (χ1v) is 6.57. The van der Waals surface area contributed by atoms with Crippen LogP contribution in [0.15, 0.2) is 30.3 Å². The standard InChI is InChI=1S/C15H21NO/c1-12(14-5-3-2-4-6-14)9-10-16-15(17)11-13-7-8-13/h2-6,12-13H,7-11H2,1H3,(H,16,17). The Morgan fingerprint density at radius 2 is 2.06 bits per heavy atom. The molecule has 1 amide bonds. The van der Waals surface area contributed by atoms with Crippen LogP contribution in [-0.4, -0.2) is 12.5 Å². The van der Waals surface area contributed by atoms with Gasteiger partial charge in [-0.3, -0.25) is 4.79 Å². The number of benzene rings is 1. The van der Waals surface area contributed by atoms with Gasteiger partial charge in [0, 0.05) is 13.0 Å². The van der Waals surface area contributed by atoms with Crippen LogP contribution < -0.4 is 5.32 Å². The number of amides is 1. The molecule has 0 spiro atoms. The Labute approximate surface area is 103 Å². The molecule has 0 aliphatic heterocycles. The summed E-state index contributed by atoms with van der Waals surface area (Å²) in [6.45, 7) is 3.00. The van der Waals surface area contributed by atoms with Crippen molar-refractivity contribution in [1.29, 1.82) is 0 Å². The Balaban J connectivity index is 1.65. The monoisotopic (exact) mass is 231 g/mol. The van der Waals surface area contributed by atoms with Crippen molar-refractivity contribution in [3.8, 4) is 0 Å². The van der Waals surface area contributed by atoms with Crippen LogP contribution in [0, 0.1) is 5.92 Å². The normalized spacial score (nSPS) is 16.5. The molecule has 1 N–H and O–H groups in total. The van der Waals surface area contributed by atoms with Crippen LogP contribution in [0.5, 0.6) is 0 Å². The average molecular weight is 231 g/mol. The van der Waals surface area contributed by atoms with E-state index in [2.05, 4.69) is 36.5 Å². The number of hydrogen-bond donors (Lipinski definition) is 1. The second kappa shape index (κ2) is 5.85. The molecular weight excluding hydrogens is 210 g/mol. The maximum atomic E-state index is 11.5. The van der Waals surface area contributed by atoms with Crippen LogP contribution in [0.2, 0.25) is 0 Å². The Morgan fingerprint density at radius 3 is 2.71 bits per heavy atom. The molecule has 2 heteroatoms. The zero-order chi connectivity index (χ0) is 12.1. The fraction of sp³-hybridized carbons (Fsp3) is 0.533. The highest BCUT2D eigenvalue weighted by atomic mass is 16.1. The minimum atomic E-state index is 0.229. The van der Waals surface area contributed by atoms with Crippen molar-refractivity contribution in [1.82, 2.24) is 5.32 Å². The molecule has 0 bridgehead atoms. The van der Waals surface area contributed by atoms with Gasteiger partial charge in [-0.15, -0.1) is 0 Å². The smallest absolute Gasteiger partial charge is 0.220 e. The van der Waals surface area contributed by atoms with Gasteiger partial charge in [-0.1, -0.05) is 37.3 Å². The van der Waals surface area contributed by atoms with E-state index in [4.69, 9.17) is 0 Å². The van der Waals surface area contributed by atoms with Gasteiger partial charge in [0.2, 0.25) is 5.91 Å². The third-order valence-electron chi connectivity index (χ3n) is 3.44. The highest BCUT2D eigenvalue weighted by molar-refractivity contribution is 5.76. The second-order valence-electron chi connectivity index (χ2n) is 5.10. The maximum Gasteiger partial charge on any atom is 0.220 e. The Morgan fingerprint density at radius 1 is 1.35 bits per heavy atom. The molecule has 1 aromatic rings. The number of carbonyl (C=O) groups is 1. The van der Waals surface area contributed by atoms with Crippen molar-refractivity contribution >= 4 is 5.91 Å². The van der Waals surface area contributed by atoms with Gasteiger partial charge < -0.3 is 5.32 Å². The summed E-state index contributed by atoms with van der Waals surface area (Å²) >= 11 is 0. The van der Waals surface area contributed by atoms with Gasteiger partial charge in [0.05, 0.1) is 0 Å². The molecule has 1 unspecified atom stereocenters. The predicted octanol–water partition coefficient (Wildman–Crippen LogP) is 3.10. The molecular formula is C15H21NO. The van der Waals surface area contributed by atoms with Crippen LogP contribution in [0.3, 0.4) is 0 Å². The zero-order valence-electron chi connectivity index (χ0n) is 10.5. The molecule has 17 heavy (non-hydrogen) atoms. The summed E-state index contributed by atoms with van der Waals surface area (Å²) in [6.07, 6.45) is 4.24. The lowest BCUT2D eigenvalue weighted by Gasteiger charge is -2.12. The van der Waals surface area contributed by atoms with E-state index in [1.807, 2.05) is 6.07 Å². The van der Waals surface area contributed by atoms with Crippen LogP contribution in [-0.2, 0) is 4.79 Å². The Kier molecular flexibility index (Phi) is 4.18. The first-order valence-electron chi connectivity index (χ1n) is 6.57. The van der Waals surface area contributed by atoms with Crippen molar-refractivity contribution in [3.05, 3.63) is 35.9 Å². The largest absolute Gasteiger partial charge is 0.356 e. The van der Waals surface area contributed by atoms with E-state index < -0.39 is 0 Å². The molecule has 0 saturated heterocycles. The van der Waals surface area contributed by atoms with Gasteiger partial charge in [-0.25, -0.2) is 0 Å². The van der Waals surface area contributed by atoms with E-state index in [1.165, 1.54) is 18.4 Å². The molecule has 1 fully saturated rings. The summed E-state index contributed by atoms with van der Waals surface area (Å²) in [6, 6.07) is 10.5. The molecule has 0 radical (unpaired) electrons. The summed E-state index contributed by atoms with van der Waals surface area (Å²) in [5.74, 6) is 1.42. The molecule has 0 heterocycles. The van der Waals surface area contributed by atoms with Crippen molar-refractivity contribution in [2.24, 2.45) is 5.92 Å². The van der Waals surface area contributed by atoms with Crippen molar-refractivity contribution < 1.29 is 4.79 Å². The van der Waals surface area contributed by atoms with E-state index in [0.717, 1.165) is 19.4 Å². The topological polar surface area (TPSA) is 29.1 Å². The molecule has 1 aliphatic rings. The summed E-state index contributed by atoms with van der Waals surface area (Å²) in [5, 5.41) is 3.02. The van der Waals surface area contributed by atoms with Gasteiger partial charge in [-0.2, -0.15) is 0 Å². The second-order valence-corrected chi connectivity index (χ2v) is 5.10. The van der Waals surface area contributed by atoms with Gasteiger partial charge >= 0.3 is 0 Å². The Hall–Kier alpha value is -1.31.